The van der Waals surface area contributed by atoms with Crippen LogP contribution in [0.5, 0.6) is 0 Å². The van der Waals surface area contributed by atoms with Crippen molar-refractivity contribution in [2.75, 3.05) is 26.2 Å². The average molecular weight is 339 g/mol. The predicted molar refractivity (Wildman–Crippen MR) is 94.0 cm³/mol. The second kappa shape index (κ2) is 7.72. The Morgan fingerprint density at radius 1 is 1.29 bits per heavy atom. The molecule has 0 aromatic heterocycles. The Labute approximate surface area is 145 Å². The number of nitrogens with one attached hydrogen (secondary N) is 1. The van der Waals surface area contributed by atoms with Gasteiger partial charge in [0, 0.05) is 25.2 Å². The first-order chi connectivity index (χ1) is 11.2. The van der Waals surface area contributed by atoms with Gasteiger partial charge in [0.15, 0.2) is 0 Å². The van der Waals surface area contributed by atoms with Crippen LogP contribution in [0.3, 0.4) is 0 Å². The minimum atomic E-state index is -0.786. The fourth-order valence-electron chi connectivity index (χ4n) is 3.99. The number of likely N-dealkylation sites (tertiary alicyclic amines) is 1. The number of hydrogen-bond donors (Lipinski definition) is 2. The van der Waals surface area contributed by atoms with E-state index in [2.05, 4.69) is 26.1 Å². The Balaban J connectivity index is 1.70. The number of carboxylic acids is 1. The highest BCUT2D eigenvalue weighted by molar-refractivity contribution is 5.75. The van der Waals surface area contributed by atoms with E-state index in [0.717, 1.165) is 45.3 Å². The molecule has 1 heterocycles. The quantitative estimate of drug-likeness (QED) is 0.779. The van der Waals surface area contributed by atoms with Crippen LogP contribution >= 0.6 is 0 Å². The number of nitrogens with zero attached hydrogens (tertiary/aromatic N) is 2. The molecular formula is C18H33N3O3. The van der Waals surface area contributed by atoms with Crippen molar-refractivity contribution in [1.29, 1.82) is 0 Å². The van der Waals surface area contributed by atoms with Crippen LogP contribution in [0.4, 0.5) is 4.79 Å². The molecule has 2 fully saturated rings. The Bertz CT molecular complexity index is 455. The fourth-order valence-corrected chi connectivity index (χ4v) is 3.99. The van der Waals surface area contributed by atoms with Crippen LogP contribution < -0.4 is 5.32 Å². The molecule has 6 nitrogen and oxygen atoms in total. The highest BCUT2D eigenvalue weighted by Gasteiger charge is 2.36. The third-order valence-corrected chi connectivity index (χ3v) is 5.18. The minimum Gasteiger partial charge on any atom is -0.480 e. The molecule has 2 rings (SSSR count). The number of carbonyl (C=O) groups excluding carboxylic acids is 1. The van der Waals surface area contributed by atoms with E-state index in [1.54, 1.807) is 0 Å². The zero-order chi connectivity index (χ0) is 17.9. The van der Waals surface area contributed by atoms with Gasteiger partial charge in [0.05, 0.1) is 6.54 Å². The number of hydrogen-bond acceptors (Lipinski definition) is 3. The van der Waals surface area contributed by atoms with Crippen LogP contribution in [0, 0.1) is 11.3 Å². The van der Waals surface area contributed by atoms with Crippen molar-refractivity contribution in [1.82, 2.24) is 15.1 Å². The summed E-state index contributed by atoms with van der Waals surface area (Å²) in [6.07, 6.45) is 3.96. The van der Waals surface area contributed by atoms with Crippen molar-refractivity contribution in [2.24, 2.45) is 11.3 Å². The maximum absolute atomic E-state index is 12.4. The first-order valence-corrected chi connectivity index (χ1v) is 9.19. The summed E-state index contributed by atoms with van der Waals surface area (Å²) in [4.78, 5) is 27.2. The van der Waals surface area contributed by atoms with Gasteiger partial charge in [0.2, 0.25) is 0 Å². The zero-order valence-corrected chi connectivity index (χ0v) is 15.5. The molecule has 2 amide bonds. The molecule has 2 N–H and O–H groups in total. The van der Waals surface area contributed by atoms with Crippen LogP contribution in [-0.4, -0.2) is 65.2 Å². The molecular weight excluding hydrogens is 306 g/mol. The van der Waals surface area contributed by atoms with Crippen LogP contribution in [-0.2, 0) is 4.79 Å². The maximum atomic E-state index is 12.4. The summed E-state index contributed by atoms with van der Waals surface area (Å²) in [7, 11) is 0. The summed E-state index contributed by atoms with van der Waals surface area (Å²) >= 11 is 0. The van der Waals surface area contributed by atoms with Gasteiger partial charge in [0.1, 0.15) is 0 Å². The molecule has 0 spiro atoms. The Hall–Kier alpha value is -1.30. The van der Waals surface area contributed by atoms with Crippen molar-refractivity contribution in [2.45, 2.75) is 65.5 Å². The smallest absolute Gasteiger partial charge is 0.317 e. The monoisotopic (exact) mass is 339 g/mol. The van der Waals surface area contributed by atoms with E-state index in [1.807, 2.05) is 16.7 Å². The van der Waals surface area contributed by atoms with E-state index in [-0.39, 0.29) is 24.7 Å². The van der Waals surface area contributed by atoms with Gasteiger partial charge in [-0.3, -0.25) is 9.69 Å². The molecule has 6 heteroatoms. The van der Waals surface area contributed by atoms with E-state index in [9.17, 15) is 9.59 Å². The Kier molecular flexibility index (Phi) is 6.12. The lowest BCUT2D eigenvalue weighted by Crippen LogP contribution is -2.56. The molecule has 1 atom stereocenters. The second-order valence-electron chi connectivity index (χ2n) is 8.59. The van der Waals surface area contributed by atoms with E-state index in [1.165, 1.54) is 0 Å². The number of aliphatic carboxylic acids is 1. The number of rotatable bonds is 6. The van der Waals surface area contributed by atoms with Crippen molar-refractivity contribution >= 4 is 12.0 Å². The van der Waals surface area contributed by atoms with Gasteiger partial charge in [-0.1, -0.05) is 27.7 Å². The molecule has 1 unspecified atom stereocenters. The summed E-state index contributed by atoms with van der Waals surface area (Å²) in [5, 5.41) is 12.0. The molecule has 2 aliphatic rings. The number of urea groups is 1. The molecule has 0 aromatic rings. The van der Waals surface area contributed by atoms with Crippen LogP contribution in [0.25, 0.3) is 0 Å². The summed E-state index contributed by atoms with van der Waals surface area (Å²) in [5.41, 5.74) is 0.312. The summed E-state index contributed by atoms with van der Waals surface area (Å²) < 4.78 is 0. The lowest BCUT2D eigenvalue weighted by molar-refractivity contribution is -0.139. The van der Waals surface area contributed by atoms with Crippen LogP contribution in [0.1, 0.15) is 53.4 Å². The predicted octanol–water partition coefficient (Wildman–Crippen LogP) is 2.39. The standard InChI is InChI=1S/C18H33N3O3/c1-5-20(12-16(22)23)15-8-14(9-15)19-17(24)21-7-6-13(11-21)10-18(2,3)4/h13-15H,5-12H2,1-4H3,(H,19,24)(H,22,23). The maximum Gasteiger partial charge on any atom is 0.317 e. The van der Waals surface area contributed by atoms with Gasteiger partial charge >= 0.3 is 12.0 Å². The van der Waals surface area contributed by atoms with Crippen molar-refractivity contribution < 1.29 is 14.7 Å². The molecule has 1 aliphatic carbocycles. The van der Waals surface area contributed by atoms with Gasteiger partial charge in [-0.2, -0.15) is 0 Å². The lowest BCUT2D eigenvalue weighted by atomic mass is 9.84. The Morgan fingerprint density at radius 2 is 1.96 bits per heavy atom. The summed E-state index contributed by atoms with van der Waals surface area (Å²) in [6, 6.07) is 0.520. The largest absolute Gasteiger partial charge is 0.480 e. The van der Waals surface area contributed by atoms with Crippen molar-refractivity contribution in [3.63, 3.8) is 0 Å². The van der Waals surface area contributed by atoms with Gasteiger partial charge in [-0.05, 0) is 43.6 Å². The highest BCUT2D eigenvalue weighted by atomic mass is 16.4. The molecule has 1 aliphatic heterocycles. The molecule has 0 radical (unpaired) electrons. The van der Waals surface area contributed by atoms with E-state index in [0.29, 0.717) is 11.3 Å². The zero-order valence-electron chi connectivity index (χ0n) is 15.5. The number of carboxylic acid groups (broad SMARTS) is 1. The van der Waals surface area contributed by atoms with Crippen LogP contribution in [0.2, 0.25) is 0 Å². The highest BCUT2D eigenvalue weighted by Crippen LogP contribution is 2.31. The summed E-state index contributed by atoms with van der Waals surface area (Å²) in [6.45, 7) is 11.3. The van der Waals surface area contributed by atoms with E-state index >= 15 is 0 Å². The average Bonchev–Trinajstić information content (AvgIpc) is 2.86. The molecule has 0 aromatic carbocycles. The van der Waals surface area contributed by atoms with Crippen molar-refractivity contribution in [3.8, 4) is 0 Å². The van der Waals surface area contributed by atoms with Crippen LogP contribution in [0.15, 0.2) is 0 Å². The third-order valence-electron chi connectivity index (χ3n) is 5.18. The minimum absolute atomic E-state index is 0.0520. The van der Waals surface area contributed by atoms with E-state index in [4.69, 9.17) is 5.11 Å². The third kappa shape index (κ3) is 5.36. The normalized spacial score (nSPS) is 27.2. The van der Waals surface area contributed by atoms with Gasteiger partial charge in [-0.25, -0.2) is 4.79 Å². The molecule has 1 saturated heterocycles. The first kappa shape index (κ1) is 19.0. The van der Waals surface area contributed by atoms with E-state index < -0.39 is 5.97 Å². The SMILES string of the molecule is CCN(CC(=O)O)C1CC(NC(=O)N2CCC(CC(C)(C)C)C2)C1. The van der Waals surface area contributed by atoms with Crippen molar-refractivity contribution in [3.05, 3.63) is 0 Å². The number of carbonyl (C=O) groups is 2. The topological polar surface area (TPSA) is 72.9 Å². The second-order valence-corrected chi connectivity index (χ2v) is 8.59. The summed E-state index contributed by atoms with van der Waals surface area (Å²) in [5.74, 6) is -0.178. The molecule has 0 bridgehead atoms. The Morgan fingerprint density at radius 3 is 2.50 bits per heavy atom. The fraction of sp³-hybridized carbons (Fsp3) is 0.889. The lowest BCUT2D eigenvalue weighted by Gasteiger charge is -2.42. The van der Waals surface area contributed by atoms with Gasteiger partial charge < -0.3 is 15.3 Å². The van der Waals surface area contributed by atoms with Gasteiger partial charge in [0.25, 0.3) is 0 Å². The molecule has 1 saturated carbocycles. The number of amides is 2. The van der Waals surface area contributed by atoms with Gasteiger partial charge in [-0.15, -0.1) is 0 Å². The number of likely N-dealkylation sites (N-methyl/N-ethyl adjacent to an activating group) is 1. The first-order valence-electron chi connectivity index (χ1n) is 9.19. The molecule has 138 valence electrons. The molecule has 24 heavy (non-hydrogen) atoms.